The number of carbonyl (C=O) groups is 3. The summed E-state index contributed by atoms with van der Waals surface area (Å²) in [6.07, 6.45) is 1.44. The zero-order valence-electron chi connectivity index (χ0n) is 14.1. The van der Waals surface area contributed by atoms with Crippen LogP contribution < -0.4 is 0 Å². The van der Waals surface area contributed by atoms with Gasteiger partial charge in [0, 0.05) is 23.1 Å². The van der Waals surface area contributed by atoms with Crippen LogP contribution >= 0.6 is 11.8 Å². The van der Waals surface area contributed by atoms with Crippen molar-refractivity contribution in [3.63, 3.8) is 0 Å². The van der Waals surface area contributed by atoms with E-state index in [2.05, 4.69) is 0 Å². The van der Waals surface area contributed by atoms with E-state index in [0.717, 1.165) is 0 Å². The van der Waals surface area contributed by atoms with Gasteiger partial charge >= 0.3 is 5.97 Å². The number of nitrogens with zero attached hydrogens (tertiary/aromatic N) is 1. The van der Waals surface area contributed by atoms with Gasteiger partial charge in [-0.05, 0) is 12.2 Å². The van der Waals surface area contributed by atoms with E-state index in [1.165, 1.54) is 11.8 Å². The fourth-order valence-electron chi connectivity index (χ4n) is 2.49. The summed E-state index contributed by atoms with van der Waals surface area (Å²) in [5.74, 6) is -1.31. The predicted octanol–water partition coefficient (Wildman–Crippen LogP) is 2.56. The van der Waals surface area contributed by atoms with Crippen LogP contribution in [0.25, 0.3) is 0 Å². The Balaban J connectivity index is 3.37. The Morgan fingerprint density at radius 1 is 1.32 bits per heavy atom. The first-order valence-electron chi connectivity index (χ1n) is 7.34. The molecular weight excluding hydrogens is 302 g/mol. The summed E-state index contributed by atoms with van der Waals surface area (Å²) in [7, 11) is 0. The molecule has 1 amide bonds. The minimum Gasteiger partial charge on any atom is -0.481 e. The van der Waals surface area contributed by atoms with Gasteiger partial charge in [0.1, 0.15) is 5.37 Å². The molecule has 1 heterocycles. The number of hydrogen-bond acceptors (Lipinski definition) is 4. The first kappa shape index (κ1) is 18.7. The summed E-state index contributed by atoms with van der Waals surface area (Å²) in [6.45, 7) is 9.85. The molecule has 1 aliphatic heterocycles. The third-order valence-electron chi connectivity index (χ3n) is 3.41. The molecule has 0 aromatic heterocycles. The summed E-state index contributed by atoms with van der Waals surface area (Å²) in [5.41, 5.74) is -0.137. The molecule has 0 aromatic carbocycles. The van der Waals surface area contributed by atoms with Gasteiger partial charge in [0.15, 0.2) is 5.78 Å². The third kappa shape index (κ3) is 3.91. The lowest BCUT2D eigenvalue weighted by Gasteiger charge is -2.28. The fraction of sp³-hybridized carbons (Fsp3) is 0.688. The van der Waals surface area contributed by atoms with Gasteiger partial charge in [-0.2, -0.15) is 0 Å². The van der Waals surface area contributed by atoms with Crippen LogP contribution in [0.3, 0.4) is 0 Å². The molecule has 124 valence electrons. The van der Waals surface area contributed by atoms with Crippen LogP contribution in [0.4, 0.5) is 0 Å². The molecule has 1 N–H and O–H groups in total. The Morgan fingerprint density at radius 2 is 1.86 bits per heavy atom. The highest BCUT2D eigenvalue weighted by Crippen LogP contribution is 2.38. The molecule has 6 heteroatoms. The highest BCUT2D eigenvalue weighted by molar-refractivity contribution is 7.99. The SMILES string of the molecule is CS[C@H]1C(C(=O)C(C)(C)C)=C(CC(=O)O)C(=O)N1CC(C)C. The second-order valence-corrected chi connectivity index (χ2v) is 7.90. The smallest absolute Gasteiger partial charge is 0.308 e. The van der Waals surface area contributed by atoms with Crippen LogP contribution in [-0.4, -0.2) is 45.8 Å². The second kappa shape index (κ2) is 6.86. The molecule has 0 bridgehead atoms. The molecule has 1 rings (SSSR count). The normalized spacial score (nSPS) is 19.3. The largest absolute Gasteiger partial charge is 0.481 e. The molecule has 22 heavy (non-hydrogen) atoms. The van der Waals surface area contributed by atoms with Gasteiger partial charge in [-0.1, -0.05) is 34.6 Å². The summed E-state index contributed by atoms with van der Waals surface area (Å²) < 4.78 is 0. The average molecular weight is 327 g/mol. The van der Waals surface area contributed by atoms with Gasteiger partial charge in [-0.3, -0.25) is 14.4 Å². The molecule has 0 saturated carbocycles. The van der Waals surface area contributed by atoms with Gasteiger partial charge in [0.05, 0.1) is 6.42 Å². The minimum absolute atomic E-state index is 0.146. The maximum Gasteiger partial charge on any atom is 0.308 e. The zero-order chi connectivity index (χ0) is 17.2. The van der Waals surface area contributed by atoms with Crippen molar-refractivity contribution in [3.05, 3.63) is 11.1 Å². The number of aliphatic carboxylic acids is 1. The number of carboxylic acids is 1. The van der Waals surface area contributed by atoms with E-state index in [1.54, 1.807) is 25.7 Å². The lowest BCUT2D eigenvalue weighted by Crippen LogP contribution is -2.38. The summed E-state index contributed by atoms with van der Waals surface area (Å²) in [4.78, 5) is 38.1. The highest BCUT2D eigenvalue weighted by Gasteiger charge is 2.44. The van der Waals surface area contributed by atoms with E-state index < -0.39 is 23.2 Å². The Labute approximate surface area is 136 Å². The fourth-order valence-corrected chi connectivity index (χ4v) is 3.41. The number of hydrogen-bond donors (Lipinski definition) is 1. The molecule has 0 saturated heterocycles. The molecule has 1 aliphatic rings. The van der Waals surface area contributed by atoms with Crippen LogP contribution in [0, 0.1) is 11.3 Å². The molecule has 0 aromatic rings. The average Bonchev–Trinajstić information content (AvgIpc) is 2.60. The van der Waals surface area contributed by atoms with Crippen molar-refractivity contribution in [1.29, 1.82) is 0 Å². The van der Waals surface area contributed by atoms with Crippen LogP contribution in [-0.2, 0) is 14.4 Å². The topological polar surface area (TPSA) is 74.7 Å². The van der Waals surface area contributed by atoms with E-state index in [0.29, 0.717) is 12.1 Å². The van der Waals surface area contributed by atoms with Gasteiger partial charge in [0.2, 0.25) is 0 Å². The van der Waals surface area contributed by atoms with E-state index in [-0.39, 0.29) is 23.2 Å². The number of Topliss-reactive ketones (excluding diaryl/α,β-unsaturated/α-hetero) is 1. The van der Waals surface area contributed by atoms with Crippen molar-refractivity contribution in [1.82, 2.24) is 4.90 Å². The predicted molar refractivity (Wildman–Crippen MR) is 87.6 cm³/mol. The first-order chi connectivity index (χ1) is 10.0. The van der Waals surface area contributed by atoms with Crippen LogP contribution in [0.5, 0.6) is 0 Å². The summed E-state index contributed by atoms with van der Waals surface area (Å²) >= 11 is 1.40. The van der Waals surface area contributed by atoms with Crippen LogP contribution in [0.1, 0.15) is 41.0 Å². The number of amides is 1. The number of thioether (sulfide) groups is 1. The minimum atomic E-state index is -1.09. The molecule has 5 nitrogen and oxygen atoms in total. The maximum atomic E-state index is 12.8. The van der Waals surface area contributed by atoms with Gasteiger partial charge in [-0.25, -0.2) is 0 Å². The van der Waals surface area contributed by atoms with Gasteiger partial charge in [0.25, 0.3) is 5.91 Å². The number of rotatable bonds is 6. The molecule has 0 spiro atoms. The van der Waals surface area contributed by atoms with Gasteiger partial charge in [-0.15, -0.1) is 11.8 Å². The molecule has 0 radical (unpaired) electrons. The summed E-state index contributed by atoms with van der Waals surface area (Å²) in [6, 6.07) is 0. The molecule has 0 aliphatic carbocycles. The third-order valence-corrected chi connectivity index (χ3v) is 4.35. The van der Waals surface area contributed by atoms with E-state index in [9.17, 15) is 14.4 Å². The standard InChI is InChI=1S/C16H25NO4S/c1-9(2)8-17-14(21)10(7-11(18)19)12(15(17)22-6)13(20)16(3,4)5/h9,15H,7-8H2,1-6H3,(H,18,19)/t15-/m0/s1. The van der Waals surface area contributed by atoms with Crippen molar-refractivity contribution in [2.45, 2.75) is 46.4 Å². The molecular formula is C16H25NO4S. The van der Waals surface area contributed by atoms with Gasteiger partial charge < -0.3 is 10.0 Å². The van der Waals surface area contributed by atoms with Crippen molar-refractivity contribution in [3.8, 4) is 0 Å². The van der Waals surface area contributed by atoms with E-state index in [4.69, 9.17) is 5.11 Å². The Bertz CT molecular complexity index is 517. The van der Waals surface area contributed by atoms with Crippen LogP contribution in [0.15, 0.2) is 11.1 Å². The zero-order valence-corrected chi connectivity index (χ0v) is 14.9. The Kier molecular flexibility index (Phi) is 5.84. The quantitative estimate of drug-likeness (QED) is 0.811. The first-order valence-corrected chi connectivity index (χ1v) is 8.62. The van der Waals surface area contributed by atoms with Crippen LogP contribution in [0.2, 0.25) is 0 Å². The Morgan fingerprint density at radius 3 is 2.23 bits per heavy atom. The van der Waals surface area contributed by atoms with Crippen molar-refractivity contribution >= 4 is 29.4 Å². The summed E-state index contributed by atoms with van der Waals surface area (Å²) in [5, 5.41) is 8.71. The highest BCUT2D eigenvalue weighted by atomic mass is 32.2. The van der Waals surface area contributed by atoms with E-state index >= 15 is 0 Å². The number of ketones is 1. The molecule has 0 fully saturated rings. The second-order valence-electron chi connectivity index (χ2n) is 6.98. The Hall–Kier alpha value is -1.30. The van der Waals surface area contributed by atoms with Crippen molar-refractivity contribution in [2.75, 3.05) is 12.8 Å². The number of carbonyl (C=O) groups excluding carboxylic acids is 2. The maximum absolute atomic E-state index is 12.8. The molecule has 0 unspecified atom stereocenters. The van der Waals surface area contributed by atoms with Crippen molar-refractivity contribution < 1.29 is 19.5 Å². The van der Waals surface area contributed by atoms with E-state index in [1.807, 2.05) is 20.1 Å². The molecule has 1 atom stereocenters. The lowest BCUT2D eigenvalue weighted by atomic mass is 9.84. The lowest BCUT2D eigenvalue weighted by molar-refractivity contribution is -0.137. The number of carboxylic acid groups (broad SMARTS) is 1. The van der Waals surface area contributed by atoms with Crippen molar-refractivity contribution in [2.24, 2.45) is 11.3 Å². The monoisotopic (exact) mass is 327 g/mol.